The van der Waals surface area contributed by atoms with Crippen LogP contribution in [-0.2, 0) is 6.54 Å². The van der Waals surface area contributed by atoms with E-state index in [1.165, 1.54) is 6.42 Å². The molecule has 1 saturated carbocycles. The number of carbonyl (C=O) groups is 1. The molecule has 2 atom stereocenters. The lowest BCUT2D eigenvalue weighted by molar-refractivity contribution is 0.0916. The Bertz CT molecular complexity index is 1020. The van der Waals surface area contributed by atoms with E-state index in [9.17, 15) is 4.79 Å². The number of rotatable bonds is 5. The molecule has 150 valence electrons. The Kier molecular flexibility index (Phi) is 6.39. The van der Waals surface area contributed by atoms with Gasteiger partial charge in [-0.1, -0.05) is 78.5 Å². The fourth-order valence-corrected chi connectivity index (χ4v) is 4.44. The monoisotopic (exact) mass is 426 g/mol. The van der Waals surface area contributed by atoms with Gasteiger partial charge in [0.15, 0.2) is 0 Å². The lowest BCUT2D eigenvalue weighted by Crippen LogP contribution is -2.51. The molecular weight excluding hydrogens is 403 g/mol. The van der Waals surface area contributed by atoms with E-state index in [2.05, 4.69) is 10.6 Å². The van der Waals surface area contributed by atoms with Gasteiger partial charge in [-0.05, 0) is 47.4 Å². The van der Waals surface area contributed by atoms with E-state index < -0.39 is 0 Å². The van der Waals surface area contributed by atoms with Crippen molar-refractivity contribution >= 4 is 39.9 Å². The summed E-state index contributed by atoms with van der Waals surface area (Å²) < 4.78 is 0. The molecule has 1 aliphatic carbocycles. The quantitative estimate of drug-likeness (QED) is 0.526. The van der Waals surface area contributed by atoms with Gasteiger partial charge in [-0.25, -0.2) is 0 Å². The summed E-state index contributed by atoms with van der Waals surface area (Å²) in [6.45, 7) is 0.697. The highest BCUT2D eigenvalue weighted by atomic mass is 35.5. The molecule has 0 spiro atoms. The molecule has 0 radical (unpaired) electrons. The number of hydrogen-bond acceptors (Lipinski definition) is 2. The smallest absolute Gasteiger partial charge is 0.252 e. The fourth-order valence-electron chi connectivity index (χ4n) is 4.12. The molecule has 2 N–H and O–H groups in total. The van der Waals surface area contributed by atoms with Gasteiger partial charge < -0.3 is 10.6 Å². The first-order valence-corrected chi connectivity index (χ1v) is 10.8. The Morgan fingerprint density at radius 1 is 0.897 bits per heavy atom. The van der Waals surface area contributed by atoms with E-state index in [4.69, 9.17) is 23.2 Å². The molecule has 0 aliphatic heterocycles. The number of amides is 1. The first-order valence-electron chi connectivity index (χ1n) is 10.1. The van der Waals surface area contributed by atoms with Gasteiger partial charge in [0.1, 0.15) is 0 Å². The van der Waals surface area contributed by atoms with Crippen LogP contribution in [0.15, 0.2) is 60.7 Å². The van der Waals surface area contributed by atoms with Gasteiger partial charge in [0.05, 0.1) is 10.0 Å². The highest BCUT2D eigenvalue weighted by Gasteiger charge is 2.26. The molecule has 1 amide bonds. The average Bonchev–Trinajstić information content (AvgIpc) is 2.75. The standard InChI is InChI=1S/C24H24Cl2N2O/c25-20-13-12-16(14-21(20)26)15-27-22-10-3-4-11-23(22)28-24(29)19-9-5-7-17-6-1-2-8-18(17)19/h1-2,5-9,12-14,22-23,27H,3-4,10-11,15H2,(H,28,29)/t22-,23+/m0/s1. The van der Waals surface area contributed by atoms with Crippen LogP contribution >= 0.6 is 23.2 Å². The molecule has 1 aliphatic rings. The second kappa shape index (κ2) is 9.17. The first-order chi connectivity index (χ1) is 14.1. The third-order valence-corrected chi connectivity index (χ3v) is 6.41. The average molecular weight is 427 g/mol. The summed E-state index contributed by atoms with van der Waals surface area (Å²) >= 11 is 12.1. The van der Waals surface area contributed by atoms with Crippen LogP contribution in [-0.4, -0.2) is 18.0 Å². The number of nitrogens with one attached hydrogen (secondary N) is 2. The number of halogens is 2. The topological polar surface area (TPSA) is 41.1 Å². The Morgan fingerprint density at radius 2 is 1.66 bits per heavy atom. The summed E-state index contributed by atoms with van der Waals surface area (Å²) in [6, 6.07) is 19.9. The van der Waals surface area contributed by atoms with Gasteiger partial charge >= 0.3 is 0 Å². The van der Waals surface area contributed by atoms with Crippen LogP contribution in [0.25, 0.3) is 10.8 Å². The van der Waals surface area contributed by atoms with Crippen molar-refractivity contribution in [1.29, 1.82) is 0 Å². The van der Waals surface area contributed by atoms with Crippen molar-refractivity contribution in [2.45, 2.75) is 44.3 Å². The van der Waals surface area contributed by atoms with Gasteiger partial charge in [-0.3, -0.25) is 4.79 Å². The van der Waals surface area contributed by atoms with E-state index in [0.717, 1.165) is 41.2 Å². The molecule has 3 nitrogen and oxygen atoms in total. The molecular formula is C24H24Cl2N2O. The number of hydrogen-bond donors (Lipinski definition) is 2. The lowest BCUT2D eigenvalue weighted by atomic mass is 9.89. The number of carbonyl (C=O) groups excluding carboxylic acids is 1. The van der Waals surface area contributed by atoms with Crippen LogP contribution in [0, 0.1) is 0 Å². The zero-order valence-corrected chi connectivity index (χ0v) is 17.6. The summed E-state index contributed by atoms with van der Waals surface area (Å²) in [5, 5.41) is 10.1. The molecule has 1 fully saturated rings. The van der Waals surface area contributed by atoms with Crippen molar-refractivity contribution in [2.24, 2.45) is 0 Å². The maximum absolute atomic E-state index is 13.1. The predicted octanol–water partition coefficient (Wildman–Crippen LogP) is 5.98. The fraction of sp³-hybridized carbons (Fsp3) is 0.292. The molecule has 0 saturated heterocycles. The molecule has 4 rings (SSSR count). The minimum atomic E-state index is -0.00460. The predicted molar refractivity (Wildman–Crippen MR) is 121 cm³/mol. The highest BCUT2D eigenvalue weighted by Crippen LogP contribution is 2.24. The van der Waals surface area contributed by atoms with Gasteiger partial charge in [-0.2, -0.15) is 0 Å². The molecule has 0 bridgehead atoms. The van der Waals surface area contributed by atoms with Crippen molar-refractivity contribution in [3.05, 3.63) is 81.8 Å². The van der Waals surface area contributed by atoms with E-state index in [1.807, 2.05) is 60.7 Å². The van der Waals surface area contributed by atoms with Gasteiger partial charge in [0.25, 0.3) is 5.91 Å². The van der Waals surface area contributed by atoms with Gasteiger partial charge in [-0.15, -0.1) is 0 Å². The van der Waals surface area contributed by atoms with Crippen LogP contribution in [0.3, 0.4) is 0 Å². The Morgan fingerprint density at radius 3 is 2.48 bits per heavy atom. The molecule has 5 heteroatoms. The molecule has 0 heterocycles. The molecule has 3 aromatic carbocycles. The van der Waals surface area contributed by atoms with Crippen LogP contribution < -0.4 is 10.6 Å². The molecule has 3 aromatic rings. The SMILES string of the molecule is O=C(N[C@@H]1CCCC[C@@H]1NCc1ccc(Cl)c(Cl)c1)c1cccc2ccccc12. The zero-order valence-electron chi connectivity index (χ0n) is 16.1. The Balaban J connectivity index is 1.45. The minimum absolute atomic E-state index is 0.00460. The van der Waals surface area contributed by atoms with Crippen molar-refractivity contribution in [2.75, 3.05) is 0 Å². The van der Waals surface area contributed by atoms with Crippen molar-refractivity contribution in [1.82, 2.24) is 10.6 Å². The van der Waals surface area contributed by atoms with Crippen LogP contribution in [0.2, 0.25) is 10.0 Å². The summed E-state index contributed by atoms with van der Waals surface area (Å²) in [5.74, 6) is -0.00460. The van der Waals surface area contributed by atoms with E-state index in [0.29, 0.717) is 16.6 Å². The van der Waals surface area contributed by atoms with E-state index in [-0.39, 0.29) is 18.0 Å². The van der Waals surface area contributed by atoms with E-state index in [1.54, 1.807) is 0 Å². The summed E-state index contributed by atoms with van der Waals surface area (Å²) in [5.41, 5.74) is 1.82. The maximum atomic E-state index is 13.1. The van der Waals surface area contributed by atoms with Crippen molar-refractivity contribution in [3.63, 3.8) is 0 Å². The van der Waals surface area contributed by atoms with Crippen molar-refractivity contribution in [3.8, 4) is 0 Å². The third-order valence-electron chi connectivity index (χ3n) is 5.67. The van der Waals surface area contributed by atoms with Crippen molar-refractivity contribution < 1.29 is 4.79 Å². The van der Waals surface area contributed by atoms with Crippen LogP contribution in [0.5, 0.6) is 0 Å². The second-order valence-electron chi connectivity index (χ2n) is 7.63. The van der Waals surface area contributed by atoms with Crippen LogP contribution in [0.4, 0.5) is 0 Å². The first kappa shape index (κ1) is 20.2. The molecule has 29 heavy (non-hydrogen) atoms. The lowest BCUT2D eigenvalue weighted by Gasteiger charge is -2.33. The summed E-state index contributed by atoms with van der Waals surface area (Å²) in [7, 11) is 0. The highest BCUT2D eigenvalue weighted by molar-refractivity contribution is 6.42. The number of fused-ring (bicyclic) bond motifs is 1. The maximum Gasteiger partial charge on any atom is 0.252 e. The molecule has 0 unspecified atom stereocenters. The molecule has 0 aromatic heterocycles. The number of benzene rings is 3. The normalized spacial score (nSPS) is 19.2. The summed E-state index contributed by atoms with van der Waals surface area (Å²) in [4.78, 5) is 13.1. The largest absolute Gasteiger partial charge is 0.348 e. The van der Waals surface area contributed by atoms with Gasteiger partial charge in [0.2, 0.25) is 0 Å². The zero-order chi connectivity index (χ0) is 20.2. The summed E-state index contributed by atoms with van der Waals surface area (Å²) in [6.07, 6.45) is 4.32. The minimum Gasteiger partial charge on any atom is -0.348 e. The second-order valence-corrected chi connectivity index (χ2v) is 8.44. The third kappa shape index (κ3) is 4.75. The Labute approximate surface area is 181 Å². The van der Waals surface area contributed by atoms with Crippen LogP contribution in [0.1, 0.15) is 41.6 Å². The van der Waals surface area contributed by atoms with Gasteiger partial charge in [0, 0.05) is 24.2 Å². The Hall–Kier alpha value is -2.07. The van der Waals surface area contributed by atoms with E-state index >= 15 is 0 Å².